The van der Waals surface area contributed by atoms with Gasteiger partial charge in [0.15, 0.2) is 0 Å². The molecule has 0 heterocycles. The molecule has 0 fully saturated rings. The van der Waals surface area contributed by atoms with Crippen LogP contribution >= 0.6 is 23.2 Å². The fraction of sp³-hybridized carbons (Fsp3) is 0.440. The minimum atomic E-state index is -0.607. The number of halogens is 2. The van der Waals surface area contributed by atoms with Crippen molar-refractivity contribution in [3.05, 3.63) is 68.7 Å². The Bertz CT molecular complexity index is 1030. The number of carbonyl (C=O) groups is 2. The highest BCUT2D eigenvalue weighted by molar-refractivity contribution is 6.42. The average molecular weight is 477 g/mol. The van der Waals surface area contributed by atoms with Crippen LogP contribution in [-0.4, -0.2) is 48.5 Å². The van der Waals surface area contributed by atoms with Crippen molar-refractivity contribution < 1.29 is 14.3 Å². The lowest BCUT2D eigenvalue weighted by Crippen LogP contribution is -2.39. The van der Waals surface area contributed by atoms with Crippen LogP contribution in [0, 0.1) is 0 Å². The fourth-order valence-corrected chi connectivity index (χ4v) is 4.54. The first kappa shape index (κ1) is 24.4. The molecule has 172 valence electrons. The summed E-state index contributed by atoms with van der Waals surface area (Å²) < 4.78 is 5.62. The van der Waals surface area contributed by atoms with Crippen molar-refractivity contribution in [3.8, 4) is 0 Å². The number of benzene rings is 2. The molecule has 0 aromatic heterocycles. The summed E-state index contributed by atoms with van der Waals surface area (Å²) in [4.78, 5) is 29.1. The van der Waals surface area contributed by atoms with Crippen molar-refractivity contribution >= 4 is 35.2 Å². The van der Waals surface area contributed by atoms with E-state index in [9.17, 15) is 9.59 Å². The lowest BCUT2D eigenvalue weighted by Gasteiger charge is -2.38. The summed E-state index contributed by atoms with van der Waals surface area (Å²) in [5, 5.41) is 1.00. The van der Waals surface area contributed by atoms with Crippen LogP contribution in [0.2, 0.25) is 10.0 Å². The van der Waals surface area contributed by atoms with Crippen molar-refractivity contribution in [2.75, 3.05) is 21.1 Å². The van der Waals surface area contributed by atoms with Gasteiger partial charge in [-0.2, -0.15) is 0 Å². The second-order valence-electron chi connectivity index (χ2n) is 9.42. The van der Waals surface area contributed by atoms with Crippen molar-refractivity contribution in [2.24, 2.45) is 0 Å². The van der Waals surface area contributed by atoms with Crippen molar-refractivity contribution in [3.63, 3.8) is 0 Å². The first-order valence-corrected chi connectivity index (χ1v) is 11.4. The zero-order valence-corrected chi connectivity index (χ0v) is 20.9. The quantitative estimate of drug-likeness (QED) is 0.505. The van der Waals surface area contributed by atoms with E-state index in [1.165, 1.54) is 0 Å². The van der Waals surface area contributed by atoms with Crippen LogP contribution in [0.1, 0.15) is 72.6 Å². The van der Waals surface area contributed by atoms with Gasteiger partial charge >= 0.3 is 6.09 Å². The third kappa shape index (κ3) is 5.05. The molecule has 0 saturated carbocycles. The van der Waals surface area contributed by atoms with E-state index >= 15 is 0 Å². The van der Waals surface area contributed by atoms with Gasteiger partial charge in [-0.1, -0.05) is 41.4 Å². The first-order valence-electron chi connectivity index (χ1n) is 10.7. The largest absolute Gasteiger partial charge is 0.444 e. The minimum absolute atomic E-state index is 0.0398. The maximum atomic E-state index is 13.1. The standard InChI is InChI=1S/C25H30Cl2N2O3/c1-25(2,3)32-24(31)29(6)21-13-11-16(15-10-12-19(26)20(27)14-15)17-8-7-9-18(22(17)21)23(30)28(4)5/h7-10,12,14,16,21H,11,13H2,1-6H3/t16-,21-/m0/s1. The van der Waals surface area contributed by atoms with E-state index in [0.717, 1.165) is 23.1 Å². The lowest BCUT2D eigenvalue weighted by molar-refractivity contribution is 0.0200. The molecule has 32 heavy (non-hydrogen) atoms. The Balaban J connectivity index is 2.12. The van der Waals surface area contributed by atoms with Gasteiger partial charge in [0.2, 0.25) is 0 Å². The number of fused-ring (bicyclic) bond motifs is 1. The van der Waals surface area contributed by atoms with E-state index in [2.05, 4.69) is 0 Å². The van der Waals surface area contributed by atoms with E-state index in [1.807, 2.05) is 51.1 Å². The van der Waals surface area contributed by atoms with Crippen molar-refractivity contribution in [1.82, 2.24) is 9.80 Å². The Morgan fingerprint density at radius 3 is 2.28 bits per heavy atom. The Morgan fingerprint density at radius 1 is 1.00 bits per heavy atom. The topological polar surface area (TPSA) is 49.9 Å². The summed E-state index contributed by atoms with van der Waals surface area (Å²) in [6.07, 6.45) is 1.07. The number of rotatable bonds is 3. The van der Waals surface area contributed by atoms with E-state index < -0.39 is 11.7 Å². The molecule has 1 aliphatic rings. The molecule has 0 N–H and O–H groups in total. The van der Waals surface area contributed by atoms with Crippen LogP contribution in [0.25, 0.3) is 0 Å². The van der Waals surface area contributed by atoms with Crippen LogP contribution in [0.15, 0.2) is 36.4 Å². The fourth-order valence-electron chi connectivity index (χ4n) is 4.23. The zero-order valence-electron chi connectivity index (χ0n) is 19.4. The SMILES string of the molecule is CN(C)C(=O)c1cccc2c1[C@@H](N(C)C(=O)OC(C)(C)C)CC[C@H]2c1ccc(Cl)c(Cl)c1. The minimum Gasteiger partial charge on any atom is -0.444 e. The summed E-state index contributed by atoms with van der Waals surface area (Å²) in [5.74, 6) is -0.0582. The highest BCUT2D eigenvalue weighted by Crippen LogP contribution is 2.46. The molecule has 0 aliphatic heterocycles. The number of ether oxygens (including phenoxy) is 1. The summed E-state index contributed by atoms with van der Waals surface area (Å²) in [7, 11) is 5.19. The lowest BCUT2D eigenvalue weighted by atomic mass is 9.74. The zero-order chi connectivity index (χ0) is 23.8. The number of hydrogen-bond donors (Lipinski definition) is 0. The van der Waals surface area contributed by atoms with Crippen LogP contribution in [0.3, 0.4) is 0 Å². The molecule has 2 amide bonds. The summed E-state index contributed by atoms with van der Waals surface area (Å²) >= 11 is 12.4. The van der Waals surface area contributed by atoms with Gasteiger partial charge in [0.05, 0.1) is 16.1 Å². The summed E-state index contributed by atoms with van der Waals surface area (Å²) in [5.41, 5.74) is 2.90. The molecule has 0 saturated heterocycles. The van der Waals surface area contributed by atoms with Gasteiger partial charge in [0.1, 0.15) is 5.60 Å². The predicted octanol–water partition coefficient (Wildman–Crippen LogP) is 6.53. The van der Waals surface area contributed by atoms with Gasteiger partial charge in [-0.05, 0) is 68.5 Å². The Labute approximate surface area is 200 Å². The normalized spacial score (nSPS) is 18.0. The molecule has 2 aromatic carbocycles. The number of nitrogens with zero attached hydrogens (tertiary/aromatic N) is 2. The Hall–Kier alpha value is -2.24. The smallest absolute Gasteiger partial charge is 0.410 e. The van der Waals surface area contributed by atoms with Crippen molar-refractivity contribution in [1.29, 1.82) is 0 Å². The molecular formula is C25H30Cl2N2O3. The van der Waals surface area contributed by atoms with Crippen LogP contribution < -0.4 is 0 Å². The molecule has 1 aliphatic carbocycles. The average Bonchev–Trinajstić information content (AvgIpc) is 2.72. The molecule has 5 nitrogen and oxygen atoms in total. The number of hydrogen-bond acceptors (Lipinski definition) is 3. The Morgan fingerprint density at radius 2 is 1.69 bits per heavy atom. The summed E-state index contributed by atoms with van der Waals surface area (Å²) in [6, 6.07) is 11.1. The van der Waals surface area contributed by atoms with E-state index in [-0.39, 0.29) is 17.9 Å². The molecule has 2 atom stereocenters. The molecule has 0 unspecified atom stereocenters. The number of amides is 2. The van der Waals surface area contributed by atoms with Crippen LogP contribution in [0.5, 0.6) is 0 Å². The Kier molecular flexibility index (Phi) is 7.11. The third-order valence-corrected chi connectivity index (χ3v) is 6.45. The second kappa shape index (κ2) is 9.32. The number of carbonyl (C=O) groups excluding carboxylic acids is 2. The van der Waals surface area contributed by atoms with Gasteiger partial charge in [0.25, 0.3) is 5.91 Å². The molecule has 0 radical (unpaired) electrons. The maximum absolute atomic E-state index is 13.1. The molecule has 0 spiro atoms. The van der Waals surface area contributed by atoms with Gasteiger partial charge in [-0.25, -0.2) is 4.79 Å². The first-order chi connectivity index (χ1) is 14.9. The van der Waals surface area contributed by atoms with Gasteiger partial charge in [-0.15, -0.1) is 0 Å². The predicted molar refractivity (Wildman–Crippen MR) is 129 cm³/mol. The molecule has 7 heteroatoms. The van der Waals surface area contributed by atoms with Crippen LogP contribution in [-0.2, 0) is 4.74 Å². The molecular weight excluding hydrogens is 447 g/mol. The third-order valence-electron chi connectivity index (χ3n) is 5.71. The van der Waals surface area contributed by atoms with Gasteiger partial charge < -0.3 is 14.5 Å². The summed E-state index contributed by atoms with van der Waals surface area (Å²) in [6.45, 7) is 5.53. The second-order valence-corrected chi connectivity index (χ2v) is 10.2. The highest BCUT2D eigenvalue weighted by atomic mass is 35.5. The van der Waals surface area contributed by atoms with E-state index in [1.54, 1.807) is 37.0 Å². The molecule has 0 bridgehead atoms. The highest BCUT2D eigenvalue weighted by Gasteiger charge is 2.37. The van der Waals surface area contributed by atoms with E-state index in [0.29, 0.717) is 22.0 Å². The molecule has 3 rings (SSSR count). The van der Waals surface area contributed by atoms with Crippen molar-refractivity contribution in [2.45, 2.75) is 51.2 Å². The van der Waals surface area contributed by atoms with Crippen LogP contribution in [0.4, 0.5) is 4.79 Å². The van der Waals surface area contributed by atoms with Gasteiger partial charge in [-0.3, -0.25) is 4.79 Å². The van der Waals surface area contributed by atoms with Gasteiger partial charge in [0, 0.05) is 32.6 Å². The molecule has 2 aromatic rings. The monoisotopic (exact) mass is 476 g/mol. The van der Waals surface area contributed by atoms with E-state index in [4.69, 9.17) is 27.9 Å². The maximum Gasteiger partial charge on any atom is 0.410 e.